The van der Waals surface area contributed by atoms with Crippen LogP contribution in [0.15, 0.2) is 56.1 Å². The van der Waals surface area contributed by atoms with E-state index in [2.05, 4.69) is 4.99 Å². The highest BCUT2D eigenvalue weighted by Gasteiger charge is 2.33. The van der Waals surface area contributed by atoms with Gasteiger partial charge in [-0.05, 0) is 60.0 Å². The maximum atomic E-state index is 13.5. The van der Waals surface area contributed by atoms with Crippen LogP contribution in [0, 0.1) is 0 Å². The Hall–Kier alpha value is -3.17. The summed E-state index contributed by atoms with van der Waals surface area (Å²) in [5.74, 6) is 0.559. The van der Waals surface area contributed by atoms with Crippen LogP contribution in [0.25, 0.3) is 6.08 Å². The molecule has 0 fully saturated rings. The van der Waals surface area contributed by atoms with Gasteiger partial charge >= 0.3 is 5.97 Å². The van der Waals surface area contributed by atoms with Crippen LogP contribution in [0.5, 0.6) is 11.5 Å². The lowest BCUT2D eigenvalue weighted by Crippen LogP contribution is -2.39. The molecule has 166 valence electrons. The van der Waals surface area contributed by atoms with Gasteiger partial charge in [0.25, 0.3) is 5.56 Å². The van der Waals surface area contributed by atoms with Crippen molar-refractivity contribution in [2.24, 2.45) is 4.99 Å². The van der Waals surface area contributed by atoms with Gasteiger partial charge in [0.2, 0.25) is 0 Å². The molecule has 9 heteroatoms. The van der Waals surface area contributed by atoms with Crippen molar-refractivity contribution in [2.45, 2.75) is 19.9 Å². The SMILES string of the molecule is CCOC(=O)C1=C(C)N=c2s/c(=C/c3ccsc3)c(=O)n2[C@@H]1c1ccc(OC)c(OC)c1. The van der Waals surface area contributed by atoms with Crippen LogP contribution in [0.1, 0.15) is 31.0 Å². The summed E-state index contributed by atoms with van der Waals surface area (Å²) in [6, 6.07) is 6.60. The first-order valence-electron chi connectivity index (χ1n) is 9.92. The van der Waals surface area contributed by atoms with Gasteiger partial charge in [0, 0.05) is 0 Å². The van der Waals surface area contributed by atoms with Gasteiger partial charge in [0.15, 0.2) is 16.3 Å². The number of hydrogen-bond donors (Lipinski definition) is 0. The smallest absolute Gasteiger partial charge is 0.338 e. The number of thiazole rings is 1. The summed E-state index contributed by atoms with van der Waals surface area (Å²) in [5, 5.41) is 3.93. The minimum atomic E-state index is -0.699. The lowest BCUT2D eigenvalue weighted by atomic mass is 9.95. The standard InChI is InChI=1S/C23H22N2O5S2/c1-5-30-22(27)19-13(2)24-23-25(21(26)18(32-23)10-14-8-9-31-12-14)20(19)15-6-7-16(28-3)17(11-15)29-4/h6-12,20H,5H2,1-4H3/b18-10+/t20-/m1/s1. The van der Waals surface area contributed by atoms with Gasteiger partial charge < -0.3 is 14.2 Å². The fourth-order valence-corrected chi connectivity index (χ4v) is 5.30. The lowest BCUT2D eigenvalue weighted by molar-refractivity contribution is -0.139. The normalized spacial score (nSPS) is 15.9. The predicted octanol–water partition coefficient (Wildman–Crippen LogP) is 2.88. The number of thiophene rings is 1. The van der Waals surface area contributed by atoms with E-state index in [1.165, 1.54) is 11.3 Å². The molecule has 7 nitrogen and oxygen atoms in total. The van der Waals surface area contributed by atoms with E-state index in [-0.39, 0.29) is 12.2 Å². The molecule has 0 aliphatic carbocycles. The van der Waals surface area contributed by atoms with Gasteiger partial charge in [-0.25, -0.2) is 9.79 Å². The summed E-state index contributed by atoms with van der Waals surface area (Å²) in [4.78, 5) is 31.5. The van der Waals surface area contributed by atoms with Crippen molar-refractivity contribution in [2.75, 3.05) is 20.8 Å². The summed E-state index contributed by atoms with van der Waals surface area (Å²) < 4.78 is 18.2. The molecule has 2 aromatic heterocycles. The first-order chi connectivity index (χ1) is 15.5. The second-order valence-electron chi connectivity index (χ2n) is 6.97. The van der Waals surface area contributed by atoms with Crippen molar-refractivity contribution in [3.8, 4) is 11.5 Å². The molecule has 0 N–H and O–H groups in total. The molecular weight excluding hydrogens is 448 g/mol. The molecule has 0 saturated carbocycles. The first kappa shape index (κ1) is 22.0. The van der Waals surface area contributed by atoms with E-state index in [0.717, 1.165) is 5.56 Å². The van der Waals surface area contributed by atoms with E-state index < -0.39 is 12.0 Å². The van der Waals surface area contributed by atoms with Crippen LogP contribution in [-0.2, 0) is 9.53 Å². The third-order valence-electron chi connectivity index (χ3n) is 5.08. The van der Waals surface area contributed by atoms with E-state index in [1.54, 1.807) is 56.1 Å². The molecule has 0 saturated heterocycles. The van der Waals surface area contributed by atoms with Crippen LogP contribution < -0.4 is 24.4 Å². The molecule has 4 rings (SSSR count). The van der Waals surface area contributed by atoms with Crippen molar-refractivity contribution < 1.29 is 19.0 Å². The molecule has 0 bridgehead atoms. The topological polar surface area (TPSA) is 79.1 Å². The van der Waals surface area contributed by atoms with Gasteiger partial charge in [-0.15, -0.1) is 0 Å². The van der Waals surface area contributed by atoms with Crippen molar-refractivity contribution >= 4 is 34.7 Å². The second kappa shape index (κ2) is 9.13. The average Bonchev–Trinajstić information content (AvgIpc) is 3.40. The molecule has 1 atom stereocenters. The Kier molecular flexibility index (Phi) is 6.29. The monoisotopic (exact) mass is 470 g/mol. The van der Waals surface area contributed by atoms with Crippen molar-refractivity contribution in [3.63, 3.8) is 0 Å². The minimum Gasteiger partial charge on any atom is -0.493 e. The lowest BCUT2D eigenvalue weighted by Gasteiger charge is -2.25. The molecule has 0 spiro atoms. The number of carbonyl (C=O) groups excluding carboxylic acids is 1. The summed E-state index contributed by atoms with van der Waals surface area (Å²) in [7, 11) is 3.10. The van der Waals surface area contributed by atoms with E-state index in [0.29, 0.717) is 37.7 Å². The number of allylic oxidation sites excluding steroid dienone is 1. The van der Waals surface area contributed by atoms with Gasteiger partial charge in [0.05, 0.1) is 42.7 Å². The average molecular weight is 471 g/mol. The molecule has 3 heterocycles. The summed E-state index contributed by atoms with van der Waals surface area (Å²) in [6.07, 6.45) is 1.84. The van der Waals surface area contributed by atoms with Crippen LogP contribution in [0.3, 0.4) is 0 Å². The molecular formula is C23H22N2O5S2. The summed E-state index contributed by atoms with van der Waals surface area (Å²) in [6.45, 7) is 3.72. The number of rotatable bonds is 6. The Morgan fingerprint density at radius 1 is 1.22 bits per heavy atom. The van der Waals surface area contributed by atoms with Gasteiger partial charge in [-0.3, -0.25) is 9.36 Å². The number of aromatic nitrogens is 1. The Morgan fingerprint density at radius 3 is 2.66 bits per heavy atom. The molecule has 1 aromatic carbocycles. The van der Waals surface area contributed by atoms with Gasteiger partial charge in [-0.1, -0.05) is 17.4 Å². The second-order valence-corrected chi connectivity index (χ2v) is 8.76. The highest BCUT2D eigenvalue weighted by Crippen LogP contribution is 2.36. The van der Waals surface area contributed by atoms with Crippen molar-refractivity contribution in [3.05, 3.63) is 77.1 Å². The number of methoxy groups -OCH3 is 2. The number of esters is 1. The van der Waals surface area contributed by atoms with Gasteiger partial charge in [-0.2, -0.15) is 11.3 Å². The molecule has 0 amide bonds. The summed E-state index contributed by atoms with van der Waals surface area (Å²) >= 11 is 2.86. The molecule has 1 aliphatic rings. The Morgan fingerprint density at radius 2 is 2.00 bits per heavy atom. The van der Waals surface area contributed by atoms with E-state index in [9.17, 15) is 9.59 Å². The quantitative estimate of drug-likeness (QED) is 0.518. The molecule has 0 radical (unpaired) electrons. The fourth-order valence-electron chi connectivity index (χ4n) is 3.64. The third-order valence-corrected chi connectivity index (χ3v) is 6.77. The molecule has 32 heavy (non-hydrogen) atoms. The van der Waals surface area contributed by atoms with Gasteiger partial charge in [0.1, 0.15) is 0 Å². The van der Waals surface area contributed by atoms with E-state index in [4.69, 9.17) is 14.2 Å². The zero-order valence-electron chi connectivity index (χ0n) is 18.1. The zero-order chi connectivity index (χ0) is 22.8. The number of ether oxygens (including phenoxy) is 3. The Labute approximate surface area is 192 Å². The van der Waals surface area contributed by atoms with E-state index >= 15 is 0 Å². The number of hydrogen-bond acceptors (Lipinski definition) is 8. The highest BCUT2D eigenvalue weighted by molar-refractivity contribution is 7.08. The largest absolute Gasteiger partial charge is 0.493 e. The summed E-state index contributed by atoms with van der Waals surface area (Å²) in [5.41, 5.74) is 2.28. The molecule has 1 aliphatic heterocycles. The van der Waals surface area contributed by atoms with Crippen LogP contribution in [0.4, 0.5) is 0 Å². The van der Waals surface area contributed by atoms with Crippen molar-refractivity contribution in [1.82, 2.24) is 4.57 Å². The Bertz CT molecular complexity index is 1370. The zero-order valence-corrected chi connectivity index (χ0v) is 19.7. The molecule has 3 aromatic rings. The highest BCUT2D eigenvalue weighted by atomic mass is 32.1. The number of fused-ring (bicyclic) bond motifs is 1. The minimum absolute atomic E-state index is 0.214. The van der Waals surface area contributed by atoms with Crippen LogP contribution in [0.2, 0.25) is 0 Å². The Balaban J connectivity index is 1.98. The number of benzene rings is 1. The van der Waals surface area contributed by atoms with Crippen molar-refractivity contribution in [1.29, 1.82) is 0 Å². The first-order valence-corrected chi connectivity index (χ1v) is 11.7. The predicted molar refractivity (Wildman–Crippen MR) is 124 cm³/mol. The third kappa shape index (κ3) is 3.89. The fraction of sp³-hybridized carbons (Fsp3) is 0.261. The number of carbonyl (C=O) groups is 1. The van der Waals surface area contributed by atoms with Crippen LogP contribution >= 0.6 is 22.7 Å². The maximum Gasteiger partial charge on any atom is 0.338 e. The maximum absolute atomic E-state index is 13.5. The van der Waals surface area contributed by atoms with E-state index in [1.807, 2.05) is 29.0 Å². The van der Waals surface area contributed by atoms with Crippen LogP contribution in [-0.4, -0.2) is 31.4 Å². The molecule has 0 unspecified atom stereocenters. The number of nitrogens with zero attached hydrogens (tertiary/aromatic N) is 2.